The maximum atomic E-state index is 14.2. The van der Waals surface area contributed by atoms with Gasteiger partial charge >= 0.3 is 12.1 Å². The van der Waals surface area contributed by atoms with Crippen molar-refractivity contribution in [1.29, 1.82) is 0 Å². The van der Waals surface area contributed by atoms with Crippen LogP contribution in [0.15, 0.2) is 59.5 Å². The van der Waals surface area contributed by atoms with E-state index in [1.165, 1.54) is 30.3 Å². The van der Waals surface area contributed by atoms with Crippen molar-refractivity contribution in [3.05, 3.63) is 82.4 Å². The molecule has 0 saturated heterocycles. The lowest BCUT2D eigenvalue weighted by Crippen LogP contribution is -2.36. The molecule has 0 saturated carbocycles. The number of carboxylic acid groups (broad SMARTS) is 1. The molecule has 9 nitrogen and oxygen atoms in total. The van der Waals surface area contributed by atoms with E-state index in [9.17, 15) is 31.5 Å². The Labute approximate surface area is 240 Å². The fourth-order valence-corrected chi connectivity index (χ4v) is 7.11. The number of fused-ring (bicyclic) bond motifs is 2. The number of carboxylic acids is 1. The van der Waals surface area contributed by atoms with Gasteiger partial charge in [0.2, 0.25) is 10.0 Å². The Morgan fingerprint density at radius 3 is 2.60 bits per heavy atom. The van der Waals surface area contributed by atoms with E-state index in [4.69, 9.17) is 4.74 Å². The first kappa shape index (κ1) is 29.5. The number of aliphatic carboxylic acids is 1. The fraction of sp³-hybridized carbons (Fsp3) is 0.345. The van der Waals surface area contributed by atoms with Crippen LogP contribution in [0.1, 0.15) is 54.0 Å². The van der Waals surface area contributed by atoms with Crippen molar-refractivity contribution >= 4 is 27.0 Å². The van der Waals surface area contributed by atoms with Gasteiger partial charge in [-0.1, -0.05) is 35.5 Å². The fourth-order valence-electron chi connectivity index (χ4n) is 5.49. The molecule has 0 aliphatic carbocycles. The second kappa shape index (κ2) is 11.0. The van der Waals surface area contributed by atoms with Crippen LogP contribution in [0, 0.1) is 6.92 Å². The average molecular weight is 603 g/mol. The molecule has 2 atom stereocenters. The Morgan fingerprint density at radius 2 is 1.90 bits per heavy atom. The first-order valence-corrected chi connectivity index (χ1v) is 14.8. The number of hydrogen-bond donors (Lipinski definition) is 1. The maximum Gasteiger partial charge on any atom is 0.416 e. The van der Waals surface area contributed by atoms with Crippen LogP contribution < -0.4 is 4.74 Å². The second-order valence-electron chi connectivity index (χ2n) is 10.3. The highest BCUT2D eigenvalue weighted by atomic mass is 32.2. The third-order valence-corrected chi connectivity index (χ3v) is 9.33. The third kappa shape index (κ3) is 5.45. The van der Waals surface area contributed by atoms with Crippen molar-refractivity contribution in [2.24, 2.45) is 0 Å². The highest BCUT2D eigenvalue weighted by Gasteiger charge is 2.38. The number of ether oxygens (including phenoxy) is 1. The van der Waals surface area contributed by atoms with Crippen molar-refractivity contribution in [3.8, 4) is 5.75 Å². The van der Waals surface area contributed by atoms with Gasteiger partial charge in [0, 0.05) is 19.0 Å². The molecule has 13 heteroatoms. The van der Waals surface area contributed by atoms with Gasteiger partial charge in [-0.2, -0.15) is 17.5 Å². The Kier molecular flexibility index (Phi) is 7.75. The van der Waals surface area contributed by atoms with Crippen LogP contribution in [0.25, 0.3) is 11.0 Å². The van der Waals surface area contributed by atoms with E-state index in [1.54, 1.807) is 36.7 Å². The monoisotopic (exact) mass is 602 g/mol. The van der Waals surface area contributed by atoms with Crippen LogP contribution in [0.5, 0.6) is 5.75 Å². The lowest BCUT2D eigenvalue weighted by atomic mass is 9.84. The van der Waals surface area contributed by atoms with Gasteiger partial charge in [0.15, 0.2) is 0 Å². The van der Waals surface area contributed by atoms with E-state index in [1.807, 2.05) is 6.92 Å². The number of rotatable bonds is 7. The summed E-state index contributed by atoms with van der Waals surface area (Å²) in [7, 11) is -4.22. The summed E-state index contributed by atoms with van der Waals surface area (Å²) in [5.41, 5.74) is 1.59. The van der Waals surface area contributed by atoms with E-state index >= 15 is 0 Å². The minimum Gasteiger partial charge on any atom is -0.488 e. The minimum absolute atomic E-state index is 0.129. The molecule has 0 spiro atoms. The Balaban J connectivity index is 1.63. The minimum atomic E-state index is -4.78. The van der Waals surface area contributed by atoms with Crippen LogP contribution in [0.3, 0.4) is 0 Å². The highest BCUT2D eigenvalue weighted by molar-refractivity contribution is 7.89. The first-order valence-electron chi connectivity index (χ1n) is 13.3. The molecule has 5 rings (SSSR count). The third-order valence-electron chi connectivity index (χ3n) is 7.48. The smallest absolute Gasteiger partial charge is 0.416 e. The van der Waals surface area contributed by atoms with Crippen LogP contribution in [0.4, 0.5) is 13.2 Å². The quantitative estimate of drug-likeness (QED) is 0.303. The lowest BCUT2D eigenvalue weighted by Gasteiger charge is -2.25. The van der Waals surface area contributed by atoms with E-state index in [-0.39, 0.29) is 22.8 Å². The van der Waals surface area contributed by atoms with E-state index in [0.717, 1.165) is 15.9 Å². The van der Waals surface area contributed by atoms with Crippen LogP contribution in [-0.4, -0.2) is 51.4 Å². The van der Waals surface area contributed by atoms with Crippen molar-refractivity contribution in [2.45, 2.75) is 63.4 Å². The van der Waals surface area contributed by atoms with Gasteiger partial charge in [-0.25, -0.2) is 13.1 Å². The molecule has 0 amide bonds. The lowest BCUT2D eigenvalue weighted by molar-refractivity contribution is -0.139. The molecule has 1 aromatic heterocycles. The summed E-state index contributed by atoms with van der Waals surface area (Å²) < 4.78 is 78.3. The average Bonchev–Trinajstić information content (AvgIpc) is 3.32. The van der Waals surface area contributed by atoms with Gasteiger partial charge in [-0.05, 0) is 67.3 Å². The Morgan fingerprint density at radius 1 is 1.17 bits per heavy atom. The molecule has 1 N–H and O–H groups in total. The molecule has 42 heavy (non-hydrogen) atoms. The Hall–Kier alpha value is -3.97. The molecule has 1 unspecified atom stereocenters. The molecule has 222 valence electrons. The number of alkyl halides is 3. The summed E-state index contributed by atoms with van der Waals surface area (Å²) in [6.45, 7) is 5.13. The maximum absolute atomic E-state index is 14.2. The van der Waals surface area contributed by atoms with Crippen LogP contribution in [-0.2, 0) is 34.1 Å². The second-order valence-corrected chi connectivity index (χ2v) is 12.2. The Bertz CT molecular complexity index is 1770. The summed E-state index contributed by atoms with van der Waals surface area (Å²) in [5.74, 6) is -1.84. The molecular formula is C29H29F3N4O5S. The van der Waals surface area contributed by atoms with Gasteiger partial charge in [-0.3, -0.25) is 4.79 Å². The molecule has 0 radical (unpaired) electrons. The molecular weight excluding hydrogens is 573 g/mol. The van der Waals surface area contributed by atoms with Gasteiger partial charge in [0.1, 0.15) is 22.3 Å². The first-order chi connectivity index (χ1) is 19.8. The van der Waals surface area contributed by atoms with Gasteiger partial charge < -0.3 is 9.84 Å². The summed E-state index contributed by atoms with van der Waals surface area (Å²) in [4.78, 5) is 11.8. The van der Waals surface area contributed by atoms with E-state index in [2.05, 4.69) is 10.3 Å². The SMILES string of the molecule is CCn1nnc2c(C)c(C(CC(=O)O)c3ccc(C(F)(F)F)c(CN4C[C@@H](C)Oc5ccccc5S4(=O)=O)c3)ccc21. The number of aryl methyl sites for hydroxylation is 2. The molecule has 4 aromatic rings. The van der Waals surface area contributed by atoms with Crippen molar-refractivity contribution < 1.29 is 36.2 Å². The summed E-state index contributed by atoms with van der Waals surface area (Å²) in [6, 6.07) is 12.9. The standard InChI is InChI=1S/C29H29F3N4O5S/c1-4-36-24-12-10-21(18(3)28(24)33-34-36)22(14-27(37)38)19-9-11-23(29(30,31)32)20(13-19)16-35-15-17(2)41-25-7-5-6-8-26(25)42(35,39)40/h5-13,17,22H,4,14-16H2,1-3H3,(H,37,38)/t17-,22?/m1/s1. The van der Waals surface area contributed by atoms with Gasteiger partial charge in [-0.15, -0.1) is 5.10 Å². The zero-order chi connectivity index (χ0) is 30.4. The molecule has 3 aromatic carbocycles. The number of hydrogen-bond acceptors (Lipinski definition) is 6. The number of sulfonamides is 1. The summed E-state index contributed by atoms with van der Waals surface area (Å²) in [6.07, 6.45) is -5.81. The number of para-hydroxylation sites is 1. The van der Waals surface area contributed by atoms with Gasteiger partial charge in [0.05, 0.1) is 24.0 Å². The summed E-state index contributed by atoms with van der Waals surface area (Å²) >= 11 is 0. The van der Waals surface area contributed by atoms with E-state index in [0.29, 0.717) is 28.8 Å². The number of nitrogens with zero attached hydrogens (tertiary/aromatic N) is 4. The summed E-state index contributed by atoms with van der Waals surface area (Å²) in [5, 5.41) is 18.1. The number of carbonyl (C=O) groups is 1. The number of aromatic nitrogens is 3. The zero-order valence-electron chi connectivity index (χ0n) is 23.1. The largest absolute Gasteiger partial charge is 0.488 e. The topological polar surface area (TPSA) is 115 Å². The predicted octanol–water partition coefficient (Wildman–Crippen LogP) is 5.36. The van der Waals surface area contributed by atoms with Crippen molar-refractivity contribution in [2.75, 3.05) is 6.54 Å². The van der Waals surface area contributed by atoms with Gasteiger partial charge in [0.25, 0.3) is 0 Å². The highest BCUT2D eigenvalue weighted by Crippen LogP contribution is 2.39. The number of halogens is 3. The molecule has 1 aliphatic rings. The molecule has 0 bridgehead atoms. The molecule has 2 heterocycles. The van der Waals surface area contributed by atoms with Crippen molar-refractivity contribution in [1.82, 2.24) is 19.3 Å². The molecule has 1 aliphatic heterocycles. The molecule has 0 fully saturated rings. The van der Waals surface area contributed by atoms with E-state index < -0.39 is 52.7 Å². The zero-order valence-corrected chi connectivity index (χ0v) is 23.9. The van der Waals surface area contributed by atoms with Crippen LogP contribution >= 0.6 is 0 Å². The predicted molar refractivity (Wildman–Crippen MR) is 148 cm³/mol. The van der Waals surface area contributed by atoms with Crippen molar-refractivity contribution in [3.63, 3.8) is 0 Å². The normalized spacial score (nSPS) is 17.8. The number of benzene rings is 3. The van der Waals surface area contributed by atoms with Crippen LogP contribution in [0.2, 0.25) is 0 Å².